The lowest BCUT2D eigenvalue weighted by Gasteiger charge is -2.09. The molecular weight excluding hydrogens is 314 g/mol. The van der Waals surface area contributed by atoms with Crippen molar-refractivity contribution >= 4 is 11.5 Å². The quantitative estimate of drug-likeness (QED) is 0.718. The van der Waals surface area contributed by atoms with Crippen LogP contribution in [0, 0.1) is 17.0 Å². The molecule has 0 fully saturated rings. The smallest absolute Gasteiger partial charge is 0.198 e. The SMILES string of the molecule is N=C(c1ccc(Oc2c(F)cccc2F)cc1)c1cncnc1N. The van der Waals surface area contributed by atoms with Crippen LogP contribution in [0.15, 0.2) is 55.0 Å². The first-order valence-corrected chi connectivity index (χ1v) is 6.93. The van der Waals surface area contributed by atoms with E-state index in [0.717, 1.165) is 12.1 Å². The van der Waals surface area contributed by atoms with Gasteiger partial charge in [0.05, 0.1) is 11.3 Å². The summed E-state index contributed by atoms with van der Waals surface area (Å²) in [7, 11) is 0. The van der Waals surface area contributed by atoms with E-state index >= 15 is 0 Å². The van der Waals surface area contributed by atoms with Crippen molar-refractivity contribution in [3.05, 3.63) is 77.8 Å². The Bertz CT molecular complexity index is 877. The van der Waals surface area contributed by atoms with Gasteiger partial charge in [0, 0.05) is 11.8 Å². The van der Waals surface area contributed by atoms with Gasteiger partial charge in [-0.3, -0.25) is 5.41 Å². The molecule has 24 heavy (non-hydrogen) atoms. The number of nitrogen functional groups attached to an aromatic ring is 1. The monoisotopic (exact) mass is 326 g/mol. The number of rotatable bonds is 4. The lowest BCUT2D eigenvalue weighted by molar-refractivity contribution is 0.407. The zero-order valence-corrected chi connectivity index (χ0v) is 12.3. The van der Waals surface area contributed by atoms with Gasteiger partial charge in [0.15, 0.2) is 17.4 Å². The summed E-state index contributed by atoms with van der Waals surface area (Å²) in [6.07, 6.45) is 2.75. The normalized spacial score (nSPS) is 10.4. The first-order chi connectivity index (χ1) is 11.6. The molecule has 3 aromatic rings. The van der Waals surface area contributed by atoms with E-state index in [1.807, 2.05) is 0 Å². The molecule has 0 aliphatic carbocycles. The summed E-state index contributed by atoms with van der Waals surface area (Å²) in [4.78, 5) is 7.68. The maximum atomic E-state index is 13.6. The number of anilines is 1. The number of aromatic nitrogens is 2. The predicted molar refractivity (Wildman–Crippen MR) is 85.2 cm³/mol. The summed E-state index contributed by atoms with van der Waals surface area (Å²) in [5.74, 6) is -1.61. The van der Waals surface area contributed by atoms with Crippen molar-refractivity contribution in [2.75, 3.05) is 5.73 Å². The van der Waals surface area contributed by atoms with Gasteiger partial charge < -0.3 is 10.5 Å². The van der Waals surface area contributed by atoms with Gasteiger partial charge in [0.2, 0.25) is 0 Å². The molecule has 120 valence electrons. The number of benzene rings is 2. The first kappa shape index (κ1) is 15.5. The minimum Gasteiger partial charge on any atom is -0.451 e. The van der Waals surface area contributed by atoms with Crippen molar-refractivity contribution in [1.29, 1.82) is 5.41 Å². The first-order valence-electron chi connectivity index (χ1n) is 6.93. The Kier molecular flexibility index (Phi) is 4.15. The number of halogens is 2. The fourth-order valence-electron chi connectivity index (χ4n) is 2.07. The van der Waals surface area contributed by atoms with Gasteiger partial charge in [-0.25, -0.2) is 18.7 Å². The van der Waals surface area contributed by atoms with Crippen LogP contribution in [0.25, 0.3) is 0 Å². The Balaban J connectivity index is 1.84. The highest BCUT2D eigenvalue weighted by atomic mass is 19.1. The summed E-state index contributed by atoms with van der Waals surface area (Å²) in [6, 6.07) is 9.67. The van der Waals surface area contributed by atoms with Crippen LogP contribution in [-0.4, -0.2) is 15.7 Å². The third-order valence-corrected chi connectivity index (χ3v) is 3.29. The Morgan fingerprint density at radius 1 is 1.04 bits per heavy atom. The second-order valence-corrected chi connectivity index (χ2v) is 4.87. The predicted octanol–water partition coefficient (Wildman–Crippen LogP) is 3.55. The van der Waals surface area contributed by atoms with E-state index in [1.165, 1.54) is 30.7 Å². The molecule has 0 saturated heterocycles. The van der Waals surface area contributed by atoms with E-state index in [0.29, 0.717) is 11.1 Å². The lowest BCUT2D eigenvalue weighted by atomic mass is 10.0. The molecule has 7 heteroatoms. The average Bonchev–Trinajstić information content (AvgIpc) is 2.59. The van der Waals surface area contributed by atoms with E-state index in [2.05, 4.69) is 9.97 Å². The third-order valence-electron chi connectivity index (χ3n) is 3.29. The molecule has 0 unspecified atom stereocenters. The molecule has 0 aliphatic rings. The molecule has 0 radical (unpaired) electrons. The molecule has 1 heterocycles. The highest BCUT2D eigenvalue weighted by molar-refractivity contribution is 6.13. The second-order valence-electron chi connectivity index (χ2n) is 4.87. The lowest BCUT2D eigenvalue weighted by Crippen LogP contribution is -2.07. The van der Waals surface area contributed by atoms with Crippen LogP contribution in [0.4, 0.5) is 14.6 Å². The molecule has 0 amide bonds. The average molecular weight is 326 g/mol. The number of para-hydroxylation sites is 1. The number of nitrogens with zero attached hydrogens (tertiary/aromatic N) is 2. The van der Waals surface area contributed by atoms with Gasteiger partial charge in [0.25, 0.3) is 0 Å². The summed E-state index contributed by atoms with van der Waals surface area (Å²) in [5, 5.41) is 8.15. The summed E-state index contributed by atoms with van der Waals surface area (Å²) >= 11 is 0. The number of ether oxygens (including phenoxy) is 1. The largest absolute Gasteiger partial charge is 0.451 e. The Morgan fingerprint density at radius 3 is 2.33 bits per heavy atom. The summed E-state index contributed by atoms with van der Waals surface area (Å²) in [6.45, 7) is 0. The maximum absolute atomic E-state index is 13.6. The van der Waals surface area contributed by atoms with Crippen LogP contribution >= 0.6 is 0 Å². The minimum absolute atomic E-state index is 0.136. The maximum Gasteiger partial charge on any atom is 0.198 e. The minimum atomic E-state index is -0.791. The number of nitrogens with two attached hydrogens (primary N) is 1. The Hall–Kier alpha value is -3.35. The summed E-state index contributed by atoms with van der Waals surface area (Å²) in [5.41, 5.74) is 6.79. The van der Waals surface area contributed by atoms with Crippen molar-refractivity contribution in [3.8, 4) is 11.5 Å². The Morgan fingerprint density at radius 2 is 1.71 bits per heavy atom. The fraction of sp³-hybridized carbons (Fsp3) is 0. The van der Waals surface area contributed by atoms with Crippen LogP contribution in [-0.2, 0) is 0 Å². The van der Waals surface area contributed by atoms with Crippen molar-refractivity contribution in [2.45, 2.75) is 0 Å². The fourth-order valence-corrected chi connectivity index (χ4v) is 2.07. The second kappa shape index (κ2) is 6.41. The van der Waals surface area contributed by atoms with E-state index in [-0.39, 0.29) is 17.3 Å². The van der Waals surface area contributed by atoms with E-state index < -0.39 is 17.4 Å². The zero-order chi connectivity index (χ0) is 17.1. The van der Waals surface area contributed by atoms with Crippen molar-refractivity contribution in [3.63, 3.8) is 0 Å². The van der Waals surface area contributed by atoms with Gasteiger partial charge in [-0.05, 0) is 36.4 Å². The molecule has 1 aromatic heterocycles. The van der Waals surface area contributed by atoms with Crippen LogP contribution in [0.1, 0.15) is 11.1 Å². The Labute approximate surface area is 136 Å². The van der Waals surface area contributed by atoms with Crippen molar-refractivity contribution < 1.29 is 13.5 Å². The standard InChI is InChI=1S/C17H12F2N4O/c18-13-2-1-3-14(19)16(13)24-11-6-4-10(5-7-11)15(20)12-8-22-9-23-17(12)21/h1-9,20H,(H2,21,22,23). The van der Waals surface area contributed by atoms with Crippen LogP contribution in [0.2, 0.25) is 0 Å². The summed E-state index contributed by atoms with van der Waals surface area (Å²) < 4.78 is 32.4. The van der Waals surface area contributed by atoms with Crippen LogP contribution < -0.4 is 10.5 Å². The van der Waals surface area contributed by atoms with Crippen LogP contribution in [0.3, 0.4) is 0 Å². The molecule has 0 atom stereocenters. The zero-order valence-electron chi connectivity index (χ0n) is 12.3. The van der Waals surface area contributed by atoms with Gasteiger partial charge in [-0.1, -0.05) is 6.07 Å². The van der Waals surface area contributed by atoms with Crippen LogP contribution in [0.5, 0.6) is 11.5 Å². The topological polar surface area (TPSA) is 84.9 Å². The molecule has 5 nitrogen and oxygen atoms in total. The van der Waals surface area contributed by atoms with Gasteiger partial charge in [-0.15, -0.1) is 0 Å². The van der Waals surface area contributed by atoms with Gasteiger partial charge >= 0.3 is 0 Å². The molecule has 0 bridgehead atoms. The third kappa shape index (κ3) is 3.05. The van der Waals surface area contributed by atoms with E-state index in [1.54, 1.807) is 12.1 Å². The van der Waals surface area contributed by atoms with E-state index in [4.69, 9.17) is 15.9 Å². The highest BCUT2D eigenvalue weighted by Crippen LogP contribution is 2.27. The highest BCUT2D eigenvalue weighted by Gasteiger charge is 2.12. The number of nitrogens with one attached hydrogen (secondary N) is 1. The molecule has 3 rings (SSSR count). The molecule has 0 spiro atoms. The number of hydrogen-bond donors (Lipinski definition) is 2. The van der Waals surface area contributed by atoms with E-state index in [9.17, 15) is 8.78 Å². The van der Waals surface area contributed by atoms with Crippen molar-refractivity contribution in [2.24, 2.45) is 0 Å². The molecule has 2 aromatic carbocycles. The molecular formula is C17H12F2N4O. The molecule has 3 N–H and O–H groups in total. The number of hydrogen-bond acceptors (Lipinski definition) is 5. The molecule has 0 aliphatic heterocycles. The van der Waals surface area contributed by atoms with Gasteiger partial charge in [-0.2, -0.15) is 0 Å². The molecule has 0 saturated carbocycles. The van der Waals surface area contributed by atoms with Gasteiger partial charge in [0.1, 0.15) is 17.9 Å². The van der Waals surface area contributed by atoms with Crippen molar-refractivity contribution in [1.82, 2.24) is 9.97 Å².